The zero-order valence-corrected chi connectivity index (χ0v) is 15.8. The highest BCUT2D eigenvalue weighted by atomic mass is 19.3. The molecule has 158 valence electrons. The SMILES string of the molecule is O=C1COc2cc(F)c(C(=O)N3CC(OCc4cccc(OC(F)F)c4)C3)cc2C1. The maximum atomic E-state index is 14.3. The fourth-order valence-electron chi connectivity index (χ4n) is 3.36. The van der Waals surface area contributed by atoms with Crippen LogP contribution in [0.25, 0.3) is 0 Å². The number of amides is 1. The van der Waals surface area contributed by atoms with E-state index in [-0.39, 0.29) is 61.7 Å². The molecule has 0 spiro atoms. The Morgan fingerprint density at radius 3 is 2.80 bits per heavy atom. The molecule has 1 fully saturated rings. The third-order valence-corrected chi connectivity index (χ3v) is 4.90. The van der Waals surface area contributed by atoms with Gasteiger partial charge in [0.25, 0.3) is 5.91 Å². The summed E-state index contributed by atoms with van der Waals surface area (Å²) >= 11 is 0. The fourth-order valence-corrected chi connectivity index (χ4v) is 3.36. The van der Waals surface area contributed by atoms with E-state index < -0.39 is 18.3 Å². The summed E-state index contributed by atoms with van der Waals surface area (Å²) in [6, 6.07) is 8.68. The monoisotopic (exact) mass is 421 g/mol. The maximum absolute atomic E-state index is 14.3. The van der Waals surface area contributed by atoms with Crippen molar-refractivity contribution in [2.75, 3.05) is 19.7 Å². The molecule has 0 aliphatic carbocycles. The molecule has 0 saturated carbocycles. The molecule has 0 unspecified atom stereocenters. The lowest BCUT2D eigenvalue weighted by molar-refractivity contribution is -0.121. The van der Waals surface area contributed by atoms with Crippen LogP contribution in [0.2, 0.25) is 0 Å². The maximum Gasteiger partial charge on any atom is 0.387 e. The Morgan fingerprint density at radius 2 is 2.03 bits per heavy atom. The molecule has 0 bridgehead atoms. The molecule has 4 rings (SSSR count). The van der Waals surface area contributed by atoms with E-state index in [1.54, 1.807) is 12.1 Å². The Kier molecular flexibility index (Phi) is 5.63. The second kappa shape index (κ2) is 8.35. The zero-order chi connectivity index (χ0) is 21.3. The number of Topliss-reactive ketones (excluding diaryl/α,β-unsaturated/α-hetero) is 1. The van der Waals surface area contributed by atoms with Gasteiger partial charge < -0.3 is 19.1 Å². The van der Waals surface area contributed by atoms with Gasteiger partial charge in [-0.25, -0.2) is 4.39 Å². The minimum absolute atomic E-state index is 0.0434. The molecule has 9 heteroatoms. The summed E-state index contributed by atoms with van der Waals surface area (Å²) in [6.07, 6.45) is -0.144. The predicted octanol–water partition coefficient (Wildman–Crippen LogP) is 2.97. The molecular formula is C21H18F3NO5. The number of hydrogen-bond donors (Lipinski definition) is 0. The number of alkyl halides is 2. The second-order valence-corrected chi connectivity index (χ2v) is 7.11. The first-order chi connectivity index (χ1) is 14.4. The van der Waals surface area contributed by atoms with Gasteiger partial charge in [-0.2, -0.15) is 8.78 Å². The number of ether oxygens (including phenoxy) is 3. The van der Waals surface area contributed by atoms with E-state index in [4.69, 9.17) is 9.47 Å². The van der Waals surface area contributed by atoms with Crippen molar-refractivity contribution in [1.82, 2.24) is 4.90 Å². The highest BCUT2D eigenvalue weighted by Crippen LogP contribution is 2.28. The predicted molar refractivity (Wildman–Crippen MR) is 98.2 cm³/mol. The van der Waals surface area contributed by atoms with Crippen LogP contribution in [-0.4, -0.2) is 49.0 Å². The zero-order valence-electron chi connectivity index (χ0n) is 15.8. The molecule has 30 heavy (non-hydrogen) atoms. The van der Waals surface area contributed by atoms with E-state index in [1.807, 2.05) is 0 Å². The highest BCUT2D eigenvalue weighted by molar-refractivity contribution is 5.96. The first-order valence-electron chi connectivity index (χ1n) is 9.30. The first kappa shape index (κ1) is 20.2. The van der Waals surface area contributed by atoms with Gasteiger partial charge in [0.2, 0.25) is 0 Å². The molecule has 0 atom stereocenters. The smallest absolute Gasteiger partial charge is 0.387 e. The third-order valence-electron chi connectivity index (χ3n) is 4.90. The minimum Gasteiger partial charge on any atom is -0.485 e. The lowest BCUT2D eigenvalue weighted by Gasteiger charge is -2.39. The van der Waals surface area contributed by atoms with E-state index in [9.17, 15) is 22.8 Å². The van der Waals surface area contributed by atoms with Gasteiger partial charge in [-0.3, -0.25) is 9.59 Å². The molecule has 0 N–H and O–H groups in total. The molecule has 2 heterocycles. The molecule has 2 aromatic rings. The summed E-state index contributed by atoms with van der Waals surface area (Å²) in [6.45, 7) is -2.28. The Balaban J connectivity index is 1.32. The largest absolute Gasteiger partial charge is 0.485 e. The van der Waals surface area contributed by atoms with Crippen molar-refractivity contribution in [3.8, 4) is 11.5 Å². The van der Waals surface area contributed by atoms with Crippen LogP contribution in [0, 0.1) is 5.82 Å². The molecule has 2 aliphatic rings. The summed E-state index contributed by atoms with van der Waals surface area (Å²) in [5, 5.41) is 0. The lowest BCUT2D eigenvalue weighted by atomic mass is 10.0. The van der Waals surface area contributed by atoms with Crippen molar-refractivity contribution in [2.45, 2.75) is 25.7 Å². The number of ketones is 1. The number of rotatable bonds is 6. The van der Waals surface area contributed by atoms with Crippen LogP contribution in [0.5, 0.6) is 11.5 Å². The molecule has 1 saturated heterocycles. The summed E-state index contributed by atoms with van der Waals surface area (Å²) in [5.74, 6) is -0.991. The van der Waals surface area contributed by atoms with Crippen LogP contribution >= 0.6 is 0 Å². The first-order valence-corrected chi connectivity index (χ1v) is 9.30. The van der Waals surface area contributed by atoms with Crippen LogP contribution in [0.1, 0.15) is 21.5 Å². The van der Waals surface area contributed by atoms with Gasteiger partial charge in [-0.15, -0.1) is 0 Å². The Bertz CT molecular complexity index is 975. The molecule has 1 amide bonds. The molecule has 2 aliphatic heterocycles. The van der Waals surface area contributed by atoms with Crippen molar-refractivity contribution >= 4 is 11.7 Å². The van der Waals surface area contributed by atoms with Gasteiger partial charge in [0, 0.05) is 31.1 Å². The molecule has 6 nitrogen and oxygen atoms in total. The number of hydrogen-bond acceptors (Lipinski definition) is 5. The second-order valence-electron chi connectivity index (χ2n) is 7.11. The molecule has 0 aromatic heterocycles. The standard InChI is InChI=1S/C21H18F3NO5/c22-18-7-19-13(5-14(26)11-29-19)6-17(18)20(27)25-8-16(9-25)28-10-12-2-1-3-15(4-12)30-21(23)24/h1-4,6-7,16,21H,5,8-11H2. The molecule has 0 radical (unpaired) electrons. The third kappa shape index (κ3) is 4.40. The minimum atomic E-state index is -2.90. The quantitative estimate of drug-likeness (QED) is 0.718. The lowest BCUT2D eigenvalue weighted by Crippen LogP contribution is -2.54. The highest BCUT2D eigenvalue weighted by Gasteiger charge is 2.34. The van der Waals surface area contributed by atoms with Crippen molar-refractivity contribution in [3.05, 3.63) is 58.9 Å². The van der Waals surface area contributed by atoms with Crippen LogP contribution in [0.4, 0.5) is 13.2 Å². The van der Waals surface area contributed by atoms with E-state index in [2.05, 4.69) is 4.74 Å². The van der Waals surface area contributed by atoms with E-state index in [0.717, 1.165) is 6.07 Å². The van der Waals surface area contributed by atoms with Gasteiger partial charge in [0.05, 0.1) is 18.3 Å². The number of fused-ring (bicyclic) bond motifs is 1. The van der Waals surface area contributed by atoms with Crippen molar-refractivity contribution in [2.24, 2.45) is 0 Å². The van der Waals surface area contributed by atoms with Gasteiger partial charge in [-0.05, 0) is 23.8 Å². The number of nitrogens with zero attached hydrogens (tertiary/aromatic N) is 1. The van der Waals surface area contributed by atoms with Crippen molar-refractivity contribution in [1.29, 1.82) is 0 Å². The molecule has 2 aromatic carbocycles. The summed E-state index contributed by atoms with van der Waals surface area (Å²) in [7, 11) is 0. The van der Waals surface area contributed by atoms with Crippen molar-refractivity contribution in [3.63, 3.8) is 0 Å². The Hall–Kier alpha value is -3.07. The van der Waals surface area contributed by atoms with Crippen LogP contribution in [-0.2, 0) is 22.6 Å². The fraction of sp³-hybridized carbons (Fsp3) is 0.333. The molecular weight excluding hydrogens is 403 g/mol. The van der Waals surface area contributed by atoms with E-state index >= 15 is 0 Å². The van der Waals surface area contributed by atoms with Gasteiger partial charge in [-0.1, -0.05) is 12.1 Å². The van der Waals surface area contributed by atoms with Crippen LogP contribution in [0.15, 0.2) is 36.4 Å². The van der Waals surface area contributed by atoms with Crippen LogP contribution < -0.4 is 9.47 Å². The van der Waals surface area contributed by atoms with Gasteiger partial charge in [0.15, 0.2) is 5.78 Å². The summed E-state index contributed by atoms with van der Waals surface area (Å²) in [5.41, 5.74) is 1.04. The van der Waals surface area contributed by atoms with Crippen molar-refractivity contribution < 1.29 is 37.0 Å². The number of carbonyl (C=O) groups excluding carboxylic acids is 2. The van der Waals surface area contributed by atoms with Gasteiger partial charge >= 0.3 is 6.61 Å². The topological polar surface area (TPSA) is 65.1 Å². The average Bonchev–Trinajstić information content (AvgIpc) is 2.66. The number of carbonyl (C=O) groups is 2. The number of likely N-dealkylation sites (tertiary alicyclic amines) is 1. The van der Waals surface area contributed by atoms with Crippen LogP contribution in [0.3, 0.4) is 0 Å². The Morgan fingerprint density at radius 1 is 1.23 bits per heavy atom. The summed E-state index contributed by atoms with van der Waals surface area (Å²) < 4.78 is 54.1. The van der Waals surface area contributed by atoms with E-state index in [1.165, 1.54) is 23.1 Å². The van der Waals surface area contributed by atoms with Gasteiger partial charge in [0.1, 0.15) is 23.9 Å². The normalized spacial score (nSPS) is 16.1. The number of benzene rings is 2. The number of halogens is 3. The summed E-state index contributed by atoms with van der Waals surface area (Å²) in [4.78, 5) is 25.6. The van der Waals surface area contributed by atoms with E-state index in [0.29, 0.717) is 11.1 Å². The Labute approximate surface area is 170 Å². The average molecular weight is 421 g/mol.